The third-order valence-corrected chi connectivity index (χ3v) is 5.63. The normalized spacial score (nSPS) is 11.2. The fourth-order valence-electron chi connectivity index (χ4n) is 3.57. The van der Waals surface area contributed by atoms with Crippen LogP contribution in [-0.2, 0) is 19.6 Å². The van der Waals surface area contributed by atoms with Gasteiger partial charge in [0.15, 0.2) is 0 Å². The van der Waals surface area contributed by atoms with E-state index < -0.39 is 0 Å². The fourth-order valence-corrected chi connectivity index (χ4v) is 4.04. The van der Waals surface area contributed by atoms with Gasteiger partial charge < -0.3 is 9.88 Å². The van der Waals surface area contributed by atoms with Crippen molar-refractivity contribution in [2.75, 3.05) is 0 Å². The molecule has 0 radical (unpaired) electrons. The summed E-state index contributed by atoms with van der Waals surface area (Å²) in [5, 5.41) is 6.14. The molecule has 0 unspecified atom stereocenters. The number of nitrogens with one attached hydrogen (secondary N) is 1. The molecule has 2 aromatic carbocycles. The van der Waals surface area contributed by atoms with Crippen molar-refractivity contribution in [2.24, 2.45) is 0 Å². The highest BCUT2D eigenvalue weighted by molar-refractivity contribution is 6.35. The summed E-state index contributed by atoms with van der Waals surface area (Å²) in [7, 11) is 0. The monoisotopic (exact) mass is 409 g/mol. The quantitative estimate of drug-likeness (QED) is 0.423. The van der Waals surface area contributed by atoms with E-state index in [0.717, 1.165) is 24.3 Å². The maximum atomic E-state index is 6.42. The van der Waals surface area contributed by atoms with Gasteiger partial charge in [-0.1, -0.05) is 53.5 Å². The maximum absolute atomic E-state index is 6.42. The van der Waals surface area contributed by atoms with Gasteiger partial charge in [-0.25, -0.2) is 0 Å². The molecular weight excluding hydrogens is 389 g/mol. The van der Waals surface area contributed by atoms with E-state index in [-0.39, 0.29) is 0 Å². The first-order chi connectivity index (χ1) is 13.6. The lowest BCUT2D eigenvalue weighted by Crippen LogP contribution is -2.14. The minimum Gasteiger partial charge on any atom is -0.340 e. The van der Waals surface area contributed by atoms with E-state index >= 15 is 0 Å². The first-order valence-corrected chi connectivity index (χ1v) is 10.0. The first kappa shape index (κ1) is 19.0. The molecule has 1 N–H and O–H groups in total. The first-order valence-electron chi connectivity index (χ1n) is 9.25. The predicted octanol–water partition coefficient (Wildman–Crippen LogP) is 5.99. The smallest absolute Gasteiger partial charge is 0.0541 e. The molecule has 0 atom stereocenters. The standard InChI is InChI=1S/C23H21Cl2N3/c1-16-21(14-26-13-19-6-4-5-11-27-19)20-7-2-3-8-23(20)28(16)15-17-9-10-18(24)12-22(17)25/h2-12,26H,13-15H2,1H3. The molecule has 0 aliphatic heterocycles. The zero-order chi connectivity index (χ0) is 19.5. The number of halogens is 2. The molecule has 0 aliphatic rings. The van der Waals surface area contributed by atoms with Crippen LogP contribution in [0.3, 0.4) is 0 Å². The molecule has 0 saturated carbocycles. The highest BCUT2D eigenvalue weighted by atomic mass is 35.5. The Morgan fingerprint density at radius 2 is 1.79 bits per heavy atom. The van der Waals surface area contributed by atoms with Crippen LogP contribution in [0.1, 0.15) is 22.5 Å². The minimum atomic E-state index is 0.655. The van der Waals surface area contributed by atoms with Crippen molar-refractivity contribution >= 4 is 34.1 Å². The average molecular weight is 410 g/mol. The van der Waals surface area contributed by atoms with Gasteiger partial charge in [0.2, 0.25) is 0 Å². The zero-order valence-electron chi connectivity index (χ0n) is 15.6. The van der Waals surface area contributed by atoms with E-state index in [0.29, 0.717) is 16.6 Å². The molecule has 0 fully saturated rings. The van der Waals surface area contributed by atoms with Gasteiger partial charge in [0, 0.05) is 52.5 Å². The number of fused-ring (bicyclic) bond motifs is 1. The van der Waals surface area contributed by atoms with Gasteiger partial charge in [-0.05, 0) is 48.4 Å². The summed E-state index contributed by atoms with van der Waals surface area (Å²) >= 11 is 12.5. The minimum absolute atomic E-state index is 0.655. The van der Waals surface area contributed by atoms with Crippen LogP contribution in [0.25, 0.3) is 10.9 Å². The number of nitrogens with zero attached hydrogens (tertiary/aromatic N) is 2. The van der Waals surface area contributed by atoms with Gasteiger partial charge in [0.05, 0.1) is 5.69 Å². The van der Waals surface area contributed by atoms with Crippen LogP contribution in [-0.4, -0.2) is 9.55 Å². The second kappa shape index (κ2) is 8.36. The summed E-state index contributed by atoms with van der Waals surface area (Å²) in [6.07, 6.45) is 1.82. The lowest BCUT2D eigenvalue weighted by atomic mass is 10.1. The van der Waals surface area contributed by atoms with E-state index in [9.17, 15) is 0 Å². The topological polar surface area (TPSA) is 29.9 Å². The van der Waals surface area contributed by atoms with Gasteiger partial charge in [0.25, 0.3) is 0 Å². The van der Waals surface area contributed by atoms with Crippen LogP contribution in [0, 0.1) is 6.92 Å². The molecular formula is C23H21Cl2N3. The Hall–Kier alpha value is -2.33. The maximum Gasteiger partial charge on any atom is 0.0541 e. The largest absolute Gasteiger partial charge is 0.340 e. The zero-order valence-corrected chi connectivity index (χ0v) is 17.1. The highest BCUT2D eigenvalue weighted by Gasteiger charge is 2.14. The highest BCUT2D eigenvalue weighted by Crippen LogP contribution is 2.29. The molecule has 4 rings (SSSR count). The molecule has 0 bridgehead atoms. The second-order valence-electron chi connectivity index (χ2n) is 6.83. The van der Waals surface area contributed by atoms with Gasteiger partial charge in [-0.3, -0.25) is 4.98 Å². The van der Waals surface area contributed by atoms with Gasteiger partial charge in [-0.2, -0.15) is 0 Å². The molecule has 2 heterocycles. The number of para-hydroxylation sites is 1. The van der Waals surface area contributed by atoms with E-state index in [1.165, 1.54) is 22.2 Å². The van der Waals surface area contributed by atoms with Crippen LogP contribution in [0.2, 0.25) is 10.0 Å². The third-order valence-electron chi connectivity index (χ3n) is 5.04. The van der Waals surface area contributed by atoms with Crippen molar-refractivity contribution in [3.05, 3.63) is 99.4 Å². The molecule has 2 aromatic heterocycles. The Balaban J connectivity index is 1.63. The Bertz CT molecular complexity index is 1100. The molecule has 0 amide bonds. The molecule has 3 nitrogen and oxygen atoms in total. The van der Waals surface area contributed by atoms with E-state index in [4.69, 9.17) is 23.2 Å². The molecule has 28 heavy (non-hydrogen) atoms. The van der Waals surface area contributed by atoms with Crippen molar-refractivity contribution in [1.82, 2.24) is 14.9 Å². The summed E-state index contributed by atoms with van der Waals surface area (Å²) in [4.78, 5) is 4.38. The molecule has 0 spiro atoms. The van der Waals surface area contributed by atoms with Crippen LogP contribution < -0.4 is 5.32 Å². The molecule has 142 valence electrons. The number of pyridine rings is 1. The summed E-state index contributed by atoms with van der Waals surface area (Å²) in [6, 6.07) is 20.2. The van der Waals surface area contributed by atoms with Crippen molar-refractivity contribution in [1.29, 1.82) is 0 Å². The van der Waals surface area contributed by atoms with Crippen molar-refractivity contribution < 1.29 is 0 Å². The molecule has 0 aliphatic carbocycles. The van der Waals surface area contributed by atoms with E-state index in [1.807, 2.05) is 36.5 Å². The Kier molecular flexibility index (Phi) is 5.67. The van der Waals surface area contributed by atoms with Crippen LogP contribution >= 0.6 is 23.2 Å². The molecule has 4 aromatic rings. The lowest BCUT2D eigenvalue weighted by Gasteiger charge is -2.11. The SMILES string of the molecule is Cc1c(CNCc2ccccn2)c2ccccc2n1Cc1ccc(Cl)cc1Cl. The van der Waals surface area contributed by atoms with Crippen molar-refractivity contribution in [3.8, 4) is 0 Å². The van der Waals surface area contributed by atoms with E-state index in [2.05, 4.69) is 46.1 Å². The third kappa shape index (κ3) is 3.93. The van der Waals surface area contributed by atoms with Gasteiger partial charge in [0.1, 0.15) is 0 Å². The van der Waals surface area contributed by atoms with Crippen LogP contribution in [0.5, 0.6) is 0 Å². The average Bonchev–Trinajstić information content (AvgIpc) is 2.97. The van der Waals surface area contributed by atoms with Crippen molar-refractivity contribution in [2.45, 2.75) is 26.6 Å². The fraction of sp³-hybridized carbons (Fsp3) is 0.174. The van der Waals surface area contributed by atoms with Crippen LogP contribution in [0.15, 0.2) is 66.9 Å². The number of hydrogen-bond acceptors (Lipinski definition) is 2. The Labute approximate surface area is 174 Å². The molecule has 0 saturated heterocycles. The predicted molar refractivity (Wildman–Crippen MR) is 117 cm³/mol. The van der Waals surface area contributed by atoms with Gasteiger partial charge in [-0.15, -0.1) is 0 Å². The number of aromatic nitrogens is 2. The van der Waals surface area contributed by atoms with Gasteiger partial charge >= 0.3 is 0 Å². The summed E-state index contributed by atoms with van der Waals surface area (Å²) in [5.74, 6) is 0. The Morgan fingerprint density at radius 1 is 0.964 bits per heavy atom. The Morgan fingerprint density at radius 3 is 2.57 bits per heavy atom. The van der Waals surface area contributed by atoms with Crippen molar-refractivity contribution in [3.63, 3.8) is 0 Å². The number of benzene rings is 2. The second-order valence-corrected chi connectivity index (χ2v) is 7.67. The summed E-state index contributed by atoms with van der Waals surface area (Å²) < 4.78 is 2.32. The van der Waals surface area contributed by atoms with E-state index in [1.54, 1.807) is 6.07 Å². The molecule has 5 heteroatoms. The van der Waals surface area contributed by atoms with Crippen LogP contribution in [0.4, 0.5) is 0 Å². The number of hydrogen-bond donors (Lipinski definition) is 1. The number of rotatable bonds is 6. The summed E-state index contributed by atoms with van der Waals surface area (Å²) in [5.41, 5.74) is 5.85. The summed E-state index contributed by atoms with van der Waals surface area (Å²) in [6.45, 7) is 4.40. The lowest BCUT2D eigenvalue weighted by molar-refractivity contribution is 0.674.